The summed E-state index contributed by atoms with van der Waals surface area (Å²) in [5.41, 5.74) is 1.26. The number of carbonyl (C=O) groups is 2. The first-order chi connectivity index (χ1) is 15.0. The largest absolute Gasteiger partial charge is 0.497 e. The van der Waals surface area contributed by atoms with Crippen molar-refractivity contribution >= 4 is 24.1 Å². The van der Waals surface area contributed by atoms with Gasteiger partial charge in [0.25, 0.3) is 0 Å². The van der Waals surface area contributed by atoms with Crippen LogP contribution in [0.15, 0.2) is 48.6 Å². The molecule has 0 aliphatic heterocycles. The van der Waals surface area contributed by atoms with Crippen molar-refractivity contribution in [3.8, 4) is 23.0 Å². The fourth-order valence-electron chi connectivity index (χ4n) is 2.50. The number of rotatable bonds is 10. The van der Waals surface area contributed by atoms with Crippen LogP contribution in [0.25, 0.3) is 12.2 Å². The van der Waals surface area contributed by atoms with Gasteiger partial charge in [-0.25, -0.2) is 9.59 Å². The minimum absolute atomic E-state index is 0.531. The molecular weight excluding hydrogens is 404 g/mol. The molecule has 164 valence electrons. The summed E-state index contributed by atoms with van der Waals surface area (Å²) in [6.45, 7) is -0.531. The Morgan fingerprint density at radius 3 is 1.45 bits per heavy atom. The summed E-state index contributed by atoms with van der Waals surface area (Å²) in [5, 5.41) is 0. The number of ether oxygens (including phenoxy) is 6. The highest BCUT2D eigenvalue weighted by Crippen LogP contribution is 2.26. The van der Waals surface area contributed by atoms with Crippen LogP contribution in [0, 0.1) is 0 Å². The van der Waals surface area contributed by atoms with Crippen molar-refractivity contribution in [2.75, 3.05) is 35.2 Å². The van der Waals surface area contributed by atoms with Crippen molar-refractivity contribution in [3.63, 3.8) is 0 Å². The van der Waals surface area contributed by atoms with Gasteiger partial charge in [-0.2, -0.15) is 0 Å². The predicted octanol–water partition coefficient (Wildman–Crippen LogP) is 3.49. The van der Waals surface area contributed by atoms with Gasteiger partial charge < -0.3 is 28.4 Å². The average molecular weight is 428 g/mol. The fraction of sp³-hybridized carbons (Fsp3) is 0.217. The van der Waals surface area contributed by atoms with Crippen LogP contribution in [0.1, 0.15) is 11.1 Å². The number of benzene rings is 2. The van der Waals surface area contributed by atoms with Gasteiger partial charge in [0.2, 0.25) is 6.79 Å². The van der Waals surface area contributed by atoms with Crippen molar-refractivity contribution in [2.45, 2.75) is 0 Å². The van der Waals surface area contributed by atoms with Crippen LogP contribution in [0.4, 0.5) is 0 Å². The first kappa shape index (κ1) is 23.3. The van der Waals surface area contributed by atoms with E-state index in [9.17, 15) is 9.59 Å². The molecule has 8 heteroatoms. The Morgan fingerprint density at radius 1 is 0.677 bits per heavy atom. The van der Waals surface area contributed by atoms with E-state index in [0.29, 0.717) is 34.1 Å². The van der Waals surface area contributed by atoms with Crippen molar-refractivity contribution < 1.29 is 38.0 Å². The molecule has 0 heterocycles. The highest BCUT2D eigenvalue weighted by atomic mass is 16.7. The van der Waals surface area contributed by atoms with Gasteiger partial charge in [0, 0.05) is 23.3 Å². The maximum atomic E-state index is 11.9. The second-order valence-corrected chi connectivity index (χ2v) is 5.93. The maximum absolute atomic E-state index is 11.9. The van der Waals surface area contributed by atoms with E-state index in [0.717, 1.165) is 0 Å². The molecule has 0 saturated heterocycles. The van der Waals surface area contributed by atoms with Crippen LogP contribution >= 0.6 is 0 Å². The summed E-state index contributed by atoms with van der Waals surface area (Å²) in [4.78, 5) is 23.7. The molecule has 0 aliphatic carbocycles. The van der Waals surface area contributed by atoms with Gasteiger partial charge >= 0.3 is 11.9 Å². The van der Waals surface area contributed by atoms with E-state index in [1.165, 1.54) is 52.7 Å². The highest BCUT2D eigenvalue weighted by molar-refractivity contribution is 5.89. The van der Waals surface area contributed by atoms with Gasteiger partial charge in [-0.15, -0.1) is 0 Å². The summed E-state index contributed by atoms with van der Waals surface area (Å²) in [5.74, 6) is 0.986. The van der Waals surface area contributed by atoms with Gasteiger partial charge in [0.05, 0.1) is 28.4 Å². The Morgan fingerprint density at radius 2 is 1.10 bits per heavy atom. The molecular formula is C23H24O8. The minimum atomic E-state index is -0.684. The van der Waals surface area contributed by atoms with Crippen molar-refractivity contribution in [2.24, 2.45) is 0 Å². The molecule has 0 spiro atoms. The minimum Gasteiger partial charge on any atom is -0.497 e. The van der Waals surface area contributed by atoms with Crippen molar-refractivity contribution in [1.82, 2.24) is 0 Å². The standard InChI is InChI=1S/C23H24O8/c1-26-18-7-9-20(28-3)16(13-18)5-11-22(24)30-15-31-23(25)12-6-17-14-19(27-2)8-10-21(17)29-4/h5-14H,15H2,1-4H3/b11-5+,12-6+. The Balaban J connectivity index is 1.88. The molecule has 8 nitrogen and oxygen atoms in total. The molecule has 0 atom stereocenters. The van der Waals surface area contributed by atoms with E-state index < -0.39 is 18.7 Å². The van der Waals surface area contributed by atoms with Crippen molar-refractivity contribution in [3.05, 3.63) is 59.7 Å². The number of carbonyl (C=O) groups excluding carboxylic acids is 2. The quantitative estimate of drug-likeness (QED) is 0.323. The van der Waals surface area contributed by atoms with E-state index >= 15 is 0 Å². The zero-order valence-corrected chi connectivity index (χ0v) is 17.7. The zero-order chi connectivity index (χ0) is 22.6. The highest BCUT2D eigenvalue weighted by Gasteiger charge is 2.06. The lowest BCUT2D eigenvalue weighted by Crippen LogP contribution is -2.09. The molecule has 0 unspecified atom stereocenters. The molecule has 0 amide bonds. The smallest absolute Gasteiger partial charge is 0.333 e. The molecule has 0 aliphatic rings. The molecule has 0 radical (unpaired) electrons. The topological polar surface area (TPSA) is 89.5 Å². The van der Waals surface area contributed by atoms with E-state index in [2.05, 4.69) is 0 Å². The summed E-state index contributed by atoms with van der Waals surface area (Å²) < 4.78 is 30.5. The molecule has 2 aromatic rings. The molecule has 0 fully saturated rings. The summed E-state index contributed by atoms with van der Waals surface area (Å²) in [6.07, 6.45) is 5.42. The van der Waals surface area contributed by atoms with Crippen LogP contribution in [-0.4, -0.2) is 47.2 Å². The van der Waals surface area contributed by atoms with Crippen LogP contribution in [0.5, 0.6) is 23.0 Å². The maximum Gasteiger partial charge on any atom is 0.333 e. The third-order valence-electron chi connectivity index (χ3n) is 4.07. The first-order valence-electron chi connectivity index (χ1n) is 9.14. The lowest BCUT2D eigenvalue weighted by atomic mass is 10.1. The second-order valence-electron chi connectivity index (χ2n) is 5.93. The van der Waals surface area contributed by atoms with Gasteiger partial charge in [-0.3, -0.25) is 0 Å². The molecule has 0 aromatic heterocycles. The SMILES string of the molecule is COc1ccc(OC)c(/C=C/C(=O)OCOC(=O)/C=C/c2cc(OC)ccc2OC)c1. The summed E-state index contributed by atoms with van der Waals surface area (Å²) in [7, 11) is 6.12. The Bertz CT molecular complexity index is 885. The van der Waals surface area contributed by atoms with Gasteiger partial charge in [-0.05, 0) is 48.6 Å². The lowest BCUT2D eigenvalue weighted by molar-refractivity contribution is -0.160. The Labute approximate surface area is 180 Å². The molecule has 0 saturated carbocycles. The van der Waals surface area contributed by atoms with Gasteiger partial charge in [0.15, 0.2) is 0 Å². The fourth-order valence-corrected chi connectivity index (χ4v) is 2.50. The Kier molecular flexibility index (Phi) is 8.97. The third-order valence-corrected chi connectivity index (χ3v) is 4.07. The number of hydrogen-bond donors (Lipinski definition) is 0. The van der Waals surface area contributed by atoms with Crippen LogP contribution in [-0.2, 0) is 19.1 Å². The predicted molar refractivity (Wildman–Crippen MR) is 114 cm³/mol. The monoisotopic (exact) mass is 428 g/mol. The zero-order valence-electron chi connectivity index (χ0n) is 17.7. The number of hydrogen-bond acceptors (Lipinski definition) is 8. The van der Waals surface area contributed by atoms with Crippen LogP contribution < -0.4 is 18.9 Å². The molecule has 31 heavy (non-hydrogen) atoms. The van der Waals surface area contributed by atoms with E-state index in [-0.39, 0.29) is 0 Å². The van der Waals surface area contributed by atoms with E-state index in [4.69, 9.17) is 28.4 Å². The molecule has 2 aromatic carbocycles. The average Bonchev–Trinajstić information content (AvgIpc) is 2.80. The number of methoxy groups -OCH3 is 4. The molecule has 0 bridgehead atoms. The van der Waals surface area contributed by atoms with Gasteiger partial charge in [-0.1, -0.05) is 0 Å². The second kappa shape index (κ2) is 11.9. The Hall–Kier alpha value is -3.94. The van der Waals surface area contributed by atoms with Gasteiger partial charge in [0.1, 0.15) is 23.0 Å². The molecule has 2 rings (SSSR count). The summed E-state index contributed by atoms with van der Waals surface area (Å²) in [6, 6.07) is 10.3. The van der Waals surface area contributed by atoms with Crippen LogP contribution in [0.3, 0.4) is 0 Å². The van der Waals surface area contributed by atoms with E-state index in [1.54, 1.807) is 36.4 Å². The molecule has 0 N–H and O–H groups in total. The van der Waals surface area contributed by atoms with E-state index in [1.807, 2.05) is 0 Å². The van der Waals surface area contributed by atoms with Crippen molar-refractivity contribution in [1.29, 1.82) is 0 Å². The number of esters is 2. The third kappa shape index (κ3) is 7.11. The normalized spacial score (nSPS) is 10.7. The van der Waals surface area contributed by atoms with Crippen LogP contribution in [0.2, 0.25) is 0 Å². The first-order valence-corrected chi connectivity index (χ1v) is 9.14. The summed E-state index contributed by atoms with van der Waals surface area (Å²) >= 11 is 0. The lowest BCUT2D eigenvalue weighted by Gasteiger charge is -2.07.